The fourth-order valence-corrected chi connectivity index (χ4v) is 3.74. The van der Waals surface area contributed by atoms with E-state index in [-0.39, 0.29) is 28.8 Å². The quantitative estimate of drug-likeness (QED) is 0.159. The van der Waals surface area contributed by atoms with Gasteiger partial charge in [-0.25, -0.2) is 4.79 Å². The van der Waals surface area contributed by atoms with Gasteiger partial charge in [-0.2, -0.15) is 0 Å². The smallest absolute Gasteiger partial charge is 0.338 e. The number of ether oxygens (including phenoxy) is 1. The summed E-state index contributed by atoms with van der Waals surface area (Å²) in [6.45, 7) is 2.21. The van der Waals surface area contributed by atoms with Gasteiger partial charge in [-0.3, -0.25) is 9.59 Å². The predicted octanol–water partition coefficient (Wildman–Crippen LogP) is 6.67. The standard InChI is InChI=1S/C17H11Cl5O5.C2H4O2.CH4/c1-2-3-5-4-6(16(25)13(22)14(5)23)15(24)7-8(17(26)27)10(19)12(21)11(20)9(7)18;1-4-2-3;/h4,23,25H,2-3H2,1H3,(H,26,27);2H,1H3;1H4. The molecule has 0 radical (unpaired) electrons. The number of hydrogen-bond donors (Lipinski definition) is 3. The molecule has 12 heteroatoms. The molecule has 0 spiro atoms. The molecule has 2 aromatic carbocycles. The summed E-state index contributed by atoms with van der Waals surface area (Å²) in [5, 5.41) is 27.7. The van der Waals surface area contributed by atoms with Gasteiger partial charge < -0.3 is 20.1 Å². The Balaban J connectivity index is 0.00000177. The Morgan fingerprint density at radius 1 is 0.938 bits per heavy atom. The maximum absolute atomic E-state index is 13.0. The average Bonchev–Trinajstić information content (AvgIpc) is 2.74. The summed E-state index contributed by atoms with van der Waals surface area (Å²) >= 11 is 29.7. The lowest BCUT2D eigenvalue weighted by molar-refractivity contribution is -0.126. The molecule has 0 aliphatic carbocycles. The first-order chi connectivity index (χ1) is 14.5. The highest BCUT2D eigenvalue weighted by molar-refractivity contribution is 6.54. The zero-order valence-electron chi connectivity index (χ0n) is 15.9. The van der Waals surface area contributed by atoms with Gasteiger partial charge in [-0.15, -0.1) is 0 Å². The number of rotatable bonds is 6. The monoisotopic (exact) mass is 546 g/mol. The molecule has 7 nitrogen and oxygen atoms in total. The second-order valence-electron chi connectivity index (χ2n) is 5.82. The molecule has 0 unspecified atom stereocenters. The van der Waals surface area contributed by atoms with E-state index in [2.05, 4.69) is 4.74 Å². The molecule has 0 aliphatic rings. The number of aryl methyl sites for hydroxylation is 1. The van der Waals surface area contributed by atoms with Crippen LogP contribution >= 0.6 is 58.0 Å². The van der Waals surface area contributed by atoms with Gasteiger partial charge in [0.25, 0.3) is 6.47 Å². The van der Waals surface area contributed by atoms with Crippen LogP contribution in [0, 0.1) is 0 Å². The first-order valence-electron chi connectivity index (χ1n) is 8.29. The van der Waals surface area contributed by atoms with Gasteiger partial charge in [0.15, 0.2) is 5.78 Å². The Hall–Kier alpha value is -1.90. The van der Waals surface area contributed by atoms with E-state index < -0.39 is 43.7 Å². The number of carbonyl (C=O) groups is 3. The van der Waals surface area contributed by atoms with Crippen LogP contribution in [0.2, 0.25) is 25.1 Å². The van der Waals surface area contributed by atoms with E-state index in [1.54, 1.807) is 0 Å². The second kappa shape index (κ2) is 13.0. The Labute approximate surface area is 209 Å². The molecule has 32 heavy (non-hydrogen) atoms. The predicted molar refractivity (Wildman–Crippen MR) is 125 cm³/mol. The van der Waals surface area contributed by atoms with Gasteiger partial charge >= 0.3 is 5.97 Å². The van der Waals surface area contributed by atoms with Crippen molar-refractivity contribution in [3.8, 4) is 11.5 Å². The van der Waals surface area contributed by atoms with Crippen molar-refractivity contribution in [2.75, 3.05) is 7.11 Å². The van der Waals surface area contributed by atoms with E-state index in [1.165, 1.54) is 13.2 Å². The molecule has 0 aromatic heterocycles. The molecule has 3 N–H and O–H groups in total. The summed E-state index contributed by atoms with van der Waals surface area (Å²) in [6, 6.07) is 1.21. The van der Waals surface area contributed by atoms with Gasteiger partial charge in [0.2, 0.25) is 0 Å². The number of hydrogen-bond acceptors (Lipinski definition) is 6. The van der Waals surface area contributed by atoms with Crippen molar-refractivity contribution in [2.24, 2.45) is 0 Å². The largest absolute Gasteiger partial charge is 0.506 e. The van der Waals surface area contributed by atoms with E-state index >= 15 is 0 Å². The first-order valence-corrected chi connectivity index (χ1v) is 10.2. The highest BCUT2D eigenvalue weighted by Gasteiger charge is 2.31. The number of halogens is 5. The van der Waals surface area contributed by atoms with Crippen LogP contribution in [0.5, 0.6) is 11.5 Å². The van der Waals surface area contributed by atoms with Gasteiger partial charge in [-0.1, -0.05) is 78.8 Å². The minimum Gasteiger partial charge on any atom is -0.506 e. The molecular weight excluding hydrogens is 529 g/mol. The molecule has 0 saturated carbocycles. The molecule has 0 atom stereocenters. The topological polar surface area (TPSA) is 121 Å². The van der Waals surface area contributed by atoms with Crippen LogP contribution in [-0.4, -0.2) is 40.7 Å². The number of carboxylic acids is 1. The fourth-order valence-electron chi connectivity index (χ4n) is 2.50. The number of phenolic OH excluding ortho intramolecular Hbond substituents is 2. The van der Waals surface area contributed by atoms with Crippen molar-refractivity contribution >= 4 is 76.2 Å². The Morgan fingerprint density at radius 2 is 1.41 bits per heavy atom. The summed E-state index contributed by atoms with van der Waals surface area (Å²) in [4.78, 5) is 33.6. The van der Waals surface area contributed by atoms with Gasteiger partial charge in [0, 0.05) is 0 Å². The van der Waals surface area contributed by atoms with Gasteiger partial charge in [0.1, 0.15) is 16.5 Å². The summed E-state index contributed by atoms with van der Waals surface area (Å²) in [5.74, 6) is -3.66. The summed E-state index contributed by atoms with van der Waals surface area (Å²) in [7, 11) is 1.31. The van der Waals surface area contributed by atoms with E-state index in [9.17, 15) is 24.9 Å². The third-order valence-corrected chi connectivity index (χ3v) is 6.02. The summed E-state index contributed by atoms with van der Waals surface area (Å²) < 4.78 is 3.86. The maximum atomic E-state index is 13.0. The molecule has 0 bridgehead atoms. The van der Waals surface area contributed by atoms with Gasteiger partial charge in [0.05, 0.1) is 43.9 Å². The molecule has 0 fully saturated rings. The zero-order chi connectivity index (χ0) is 24.0. The molecular formula is C20H19Cl5O7. The molecule has 0 aliphatic heterocycles. The first kappa shape index (κ1) is 30.1. The van der Waals surface area contributed by atoms with Crippen molar-refractivity contribution in [3.05, 3.63) is 53.4 Å². The molecule has 0 saturated heterocycles. The van der Waals surface area contributed by atoms with Crippen LogP contribution in [0.4, 0.5) is 0 Å². The van der Waals surface area contributed by atoms with Crippen LogP contribution in [0.25, 0.3) is 0 Å². The number of phenols is 2. The summed E-state index contributed by atoms with van der Waals surface area (Å²) in [6.07, 6.45) is 0.968. The van der Waals surface area contributed by atoms with Crippen LogP contribution in [0.15, 0.2) is 6.07 Å². The Bertz CT molecular complexity index is 1040. The number of carboxylic acid groups (broad SMARTS) is 1. The van der Waals surface area contributed by atoms with Gasteiger partial charge in [-0.05, 0) is 18.1 Å². The zero-order valence-corrected chi connectivity index (χ0v) is 19.7. The third-order valence-electron chi connectivity index (χ3n) is 3.86. The Morgan fingerprint density at radius 3 is 1.81 bits per heavy atom. The number of aromatic carboxylic acids is 1. The lowest BCUT2D eigenvalue weighted by atomic mass is 9.94. The lowest BCUT2D eigenvalue weighted by Crippen LogP contribution is -2.13. The van der Waals surface area contributed by atoms with Crippen molar-refractivity contribution < 1.29 is 34.4 Å². The van der Waals surface area contributed by atoms with Crippen LogP contribution in [0.1, 0.15) is 52.6 Å². The van der Waals surface area contributed by atoms with Crippen LogP contribution in [0.3, 0.4) is 0 Å². The molecule has 2 rings (SSSR count). The van der Waals surface area contributed by atoms with Crippen molar-refractivity contribution in [2.45, 2.75) is 27.2 Å². The molecule has 2 aromatic rings. The fraction of sp³-hybridized carbons (Fsp3) is 0.250. The molecule has 0 heterocycles. The van der Waals surface area contributed by atoms with E-state index in [0.717, 1.165) is 0 Å². The van der Waals surface area contributed by atoms with E-state index in [1.807, 2.05) is 6.92 Å². The average molecular weight is 549 g/mol. The van der Waals surface area contributed by atoms with Crippen molar-refractivity contribution in [1.82, 2.24) is 0 Å². The molecule has 0 amide bonds. The maximum Gasteiger partial charge on any atom is 0.338 e. The van der Waals surface area contributed by atoms with Crippen molar-refractivity contribution in [1.29, 1.82) is 0 Å². The number of ketones is 1. The minimum atomic E-state index is -1.57. The SMILES string of the molecule is C.CCCc1cc(C(=O)c2c(Cl)c(Cl)c(Cl)c(Cl)c2C(=O)O)c(O)c(Cl)c1O.COC=O. The number of carbonyl (C=O) groups excluding carboxylic acids is 2. The lowest BCUT2D eigenvalue weighted by Gasteiger charge is -2.15. The van der Waals surface area contributed by atoms with E-state index in [4.69, 9.17) is 62.8 Å². The van der Waals surface area contributed by atoms with Crippen LogP contribution < -0.4 is 0 Å². The summed E-state index contributed by atoms with van der Waals surface area (Å²) in [5.41, 5.74) is -1.28. The number of aromatic hydroxyl groups is 2. The highest BCUT2D eigenvalue weighted by atomic mass is 35.5. The number of benzene rings is 2. The van der Waals surface area contributed by atoms with E-state index in [0.29, 0.717) is 24.9 Å². The highest BCUT2D eigenvalue weighted by Crippen LogP contribution is 2.45. The second-order valence-corrected chi connectivity index (χ2v) is 7.71. The van der Waals surface area contributed by atoms with Crippen molar-refractivity contribution in [3.63, 3.8) is 0 Å². The third kappa shape index (κ3) is 6.11. The number of methoxy groups -OCH3 is 1. The normalized spacial score (nSPS) is 9.84. The minimum absolute atomic E-state index is 0. The van der Waals surface area contributed by atoms with Crippen LogP contribution in [-0.2, 0) is 16.0 Å². The molecule has 176 valence electrons. The Kier molecular flexibility index (Phi) is 12.2.